The van der Waals surface area contributed by atoms with Crippen LogP contribution in [0.1, 0.15) is 30.9 Å². The van der Waals surface area contributed by atoms with Gasteiger partial charge in [0.15, 0.2) is 0 Å². The van der Waals surface area contributed by atoms with Crippen LogP contribution in [-0.4, -0.2) is 58.1 Å². The molecule has 2 fully saturated rings. The summed E-state index contributed by atoms with van der Waals surface area (Å²) in [6, 6.07) is 2.01. The summed E-state index contributed by atoms with van der Waals surface area (Å²) in [5.74, 6) is 0.409. The van der Waals surface area contributed by atoms with Crippen LogP contribution in [0.5, 0.6) is 0 Å². The smallest absolute Gasteiger partial charge is 0.323 e. The molecular weight excluding hydrogens is 258 g/mol. The molecule has 3 heterocycles. The van der Waals surface area contributed by atoms with Crippen LogP contribution in [0.4, 0.5) is 0 Å². The quantitative estimate of drug-likeness (QED) is 0.807. The lowest BCUT2D eigenvalue weighted by atomic mass is 9.92. The maximum Gasteiger partial charge on any atom is 0.323 e. The molecular formula is C14H21N3O3. The van der Waals surface area contributed by atoms with Crippen LogP contribution in [0.2, 0.25) is 0 Å². The van der Waals surface area contributed by atoms with E-state index in [0.29, 0.717) is 19.1 Å². The van der Waals surface area contributed by atoms with Gasteiger partial charge in [-0.15, -0.1) is 0 Å². The number of nitrogens with zero attached hydrogens (tertiary/aromatic N) is 3. The van der Waals surface area contributed by atoms with Crippen molar-refractivity contribution < 1.29 is 14.6 Å². The summed E-state index contributed by atoms with van der Waals surface area (Å²) in [5, 5.41) is 13.3. The number of esters is 1. The summed E-state index contributed by atoms with van der Waals surface area (Å²) in [6.45, 7) is 3.08. The van der Waals surface area contributed by atoms with Gasteiger partial charge in [-0.3, -0.25) is 14.4 Å². The summed E-state index contributed by atoms with van der Waals surface area (Å²) < 4.78 is 6.94. The molecule has 2 aliphatic heterocycles. The summed E-state index contributed by atoms with van der Waals surface area (Å²) in [5.41, 5.74) is 1.20. The van der Waals surface area contributed by atoms with Gasteiger partial charge in [-0.25, -0.2) is 0 Å². The first-order chi connectivity index (χ1) is 9.79. The van der Waals surface area contributed by atoms with Gasteiger partial charge < -0.3 is 9.84 Å². The third-order valence-corrected chi connectivity index (χ3v) is 4.36. The number of hydrogen-bond donors (Lipinski definition) is 1. The Hall–Kier alpha value is -1.40. The molecule has 1 aromatic heterocycles. The highest BCUT2D eigenvalue weighted by molar-refractivity contribution is 5.77. The third kappa shape index (κ3) is 2.58. The number of carbonyl (C=O) groups excluding carboxylic acids is 1. The van der Waals surface area contributed by atoms with E-state index >= 15 is 0 Å². The zero-order valence-electron chi connectivity index (χ0n) is 11.6. The van der Waals surface area contributed by atoms with Gasteiger partial charge in [0.05, 0.1) is 19.8 Å². The van der Waals surface area contributed by atoms with Gasteiger partial charge in [0.1, 0.15) is 6.04 Å². The Kier molecular flexibility index (Phi) is 4.03. The molecule has 3 rings (SSSR count). The molecule has 0 aromatic carbocycles. The number of likely N-dealkylation sites (tertiary alicyclic amines) is 1. The Bertz CT molecular complexity index is 466. The second kappa shape index (κ2) is 5.93. The Morgan fingerprint density at radius 2 is 2.15 bits per heavy atom. The fraction of sp³-hybridized carbons (Fsp3) is 0.714. The molecule has 1 aromatic rings. The second-order valence-electron chi connectivity index (χ2n) is 5.49. The van der Waals surface area contributed by atoms with E-state index in [-0.39, 0.29) is 18.6 Å². The maximum atomic E-state index is 11.6. The molecule has 1 N–H and O–H groups in total. The molecule has 1 atom stereocenters. The number of aliphatic hydroxyl groups is 1. The number of hydrogen-bond acceptors (Lipinski definition) is 5. The summed E-state index contributed by atoms with van der Waals surface area (Å²) in [4.78, 5) is 13.9. The van der Waals surface area contributed by atoms with E-state index in [1.54, 1.807) is 6.20 Å². The van der Waals surface area contributed by atoms with Gasteiger partial charge in [-0.05, 0) is 32.0 Å². The third-order valence-electron chi connectivity index (χ3n) is 4.36. The Labute approximate surface area is 118 Å². The molecule has 6 heteroatoms. The van der Waals surface area contributed by atoms with Gasteiger partial charge in [-0.1, -0.05) is 0 Å². The van der Waals surface area contributed by atoms with Crippen molar-refractivity contribution in [3.05, 3.63) is 18.0 Å². The van der Waals surface area contributed by atoms with Crippen molar-refractivity contribution in [2.45, 2.75) is 37.8 Å². The normalized spacial score (nSPS) is 25.1. The molecule has 0 saturated carbocycles. The van der Waals surface area contributed by atoms with Crippen LogP contribution < -0.4 is 0 Å². The monoisotopic (exact) mass is 279 g/mol. The molecule has 2 aliphatic rings. The molecule has 0 radical (unpaired) electrons. The van der Waals surface area contributed by atoms with Crippen molar-refractivity contribution in [1.29, 1.82) is 0 Å². The van der Waals surface area contributed by atoms with E-state index in [9.17, 15) is 4.79 Å². The number of aromatic nitrogens is 2. The Morgan fingerprint density at radius 1 is 1.35 bits per heavy atom. The fourth-order valence-corrected chi connectivity index (χ4v) is 3.30. The van der Waals surface area contributed by atoms with Crippen LogP contribution in [0.15, 0.2) is 12.3 Å². The molecule has 0 aliphatic carbocycles. The number of piperidine rings is 1. The van der Waals surface area contributed by atoms with E-state index in [4.69, 9.17) is 9.84 Å². The zero-order chi connectivity index (χ0) is 13.9. The molecule has 0 spiro atoms. The molecule has 1 unspecified atom stereocenters. The Balaban J connectivity index is 1.60. The summed E-state index contributed by atoms with van der Waals surface area (Å²) >= 11 is 0. The predicted molar refractivity (Wildman–Crippen MR) is 72.2 cm³/mol. The van der Waals surface area contributed by atoms with Gasteiger partial charge in [0, 0.05) is 24.2 Å². The largest absolute Gasteiger partial charge is 0.464 e. The number of cyclic esters (lactones) is 1. The highest BCUT2D eigenvalue weighted by Gasteiger charge is 2.35. The van der Waals surface area contributed by atoms with E-state index in [0.717, 1.165) is 32.4 Å². The van der Waals surface area contributed by atoms with Gasteiger partial charge >= 0.3 is 5.97 Å². The molecule has 6 nitrogen and oxygen atoms in total. The summed E-state index contributed by atoms with van der Waals surface area (Å²) in [7, 11) is 0. The zero-order valence-corrected chi connectivity index (χ0v) is 11.6. The predicted octanol–water partition coefficient (Wildman–Crippen LogP) is 0.370. The van der Waals surface area contributed by atoms with Crippen LogP contribution in [0.25, 0.3) is 0 Å². The highest BCUT2D eigenvalue weighted by atomic mass is 16.5. The average molecular weight is 279 g/mol. The second-order valence-corrected chi connectivity index (χ2v) is 5.49. The van der Waals surface area contributed by atoms with E-state index < -0.39 is 0 Å². The minimum atomic E-state index is -0.0613. The van der Waals surface area contributed by atoms with Crippen molar-refractivity contribution in [2.75, 3.05) is 26.3 Å². The fourth-order valence-electron chi connectivity index (χ4n) is 3.30. The number of aliphatic hydroxyl groups excluding tert-OH is 1. The minimum absolute atomic E-state index is 0.0293. The van der Waals surface area contributed by atoms with Crippen LogP contribution in [-0.2, 0) is 16.1 Å². The van der Waals surface area contributed by atoms with Crippen molar-refractivity contribution in [3.8, 4) is 0 Å². The SMILES string of the molecule is O=C1OCCC1N1CCC(c2ccnn2CCO)CC1. The van der Waals surface area contributed by atoms with Gasteiger partial charge in [0.2, 0.25) is 0 Å². The number of ether oxygens (including phenoxy) is 1. The lowest BCUT2D eigenvalue weighted by molar-refractivity contribution is -0.142. The molecule has 0 amide bonds. The van der Waals surface area contributed by atoms with Crippen LogP contribution in [0, 0.1) is 0 Å². The average Bonchev–Trinajstić information content (AvgIpc) is 3.09. The van der Waals surface area contributed by atoms with E-state index in [1.807, 2.05) is 10.7 Å². The Morgan fingerprint density at radius 3 is 2.80 bits per heavy atom. The van der Waals surface area contributed by atoms with Crippen molar-refractivity contribution in [2.24, 2.45) is 0 Å². The molecule has 0 bridgehead atoms. The first-order valence-corrected chi connectivity index (χ1v) is 7.33. The summed E-state index contributed by atoms with van der Waals surface area (Å²) in [6.07, 6.45) is 4.68. The molecule has 110 valence electrons. The first kappa shape index (κ1) is 13.6. The van der Waals surface area contributed by atoms with Crippen molar-refractivity contribution >= 4 is 5.97 Å². The molecule has 20 heavy (non-hydrogen) atoms. The van der Waals surface area contributed by atoms with Gasteiger partial charge in [0.25, 0.3) is 0 Å². The van der Waals surface area contributed by atoms with Crippen LogP contribution in [0.3, 0.4) is 0 Å². The van der Waals surface area contributed by atoms with Crippen LogP contribution >= 0.6 is 0 Å². The first-order valence-electron chi connectivity index (χ1n) is 7.33. The van der Waals surface area contributed by atoms with E-state index in [2.05, 4.69) is 10.00 Å². The molecule has 2 saturated heterocycles. The standard InChI is InChI=1S/C14H21N3O3/c18-9-8-17-12(1-5-15-17)11-2-6-16(7-3-11)13-4-10-20-14(13)19/h1,5,11,13,18H,2-4,6-10H2. The van der Waals surface area contributed by atoms with E-state index in [1.165, 1.54) is 5.69 Å². The highest BCUT2D eigenvalue weighted by Crippen LogP contribution is 2.30. The maximum absolute atomic E-state index is 11.6. The lowest BCUT2D eigenvalue weighted by Gasteiger charge is -2.34. The lowest BCUT2D eigenvalue weighted by Crippen LogP contribution is -2.43. The topological polar surface area (TPSA) is 67.6 Å². The minimum Gasteiger partial charge on any atom is -0.464 e. The van der Waals surface area contributed by atoms with Crippen molar-refractivity contribution in [1.82, 2.24) is 14.7 Å². The van der Waals surface area contributed by atoms with Gasteiger partial charge in [-0.2, -0.15) is 5.10 Å². The van der Waals surface area contributed by atoms with Crippen molar-refractivity contribution in [3.63, 3.8) is 0 Å². The number of rotatable bonds is 4. The number of carbonyl (C=O) groups is 1.